The first kappa shape index (κ1) is 15.9. The molecule has 5 nitrogen and oxygen atoms in total. The third-order valence-electron chi connectivity index (χ3n) is 4.78. The molecule has 0 bridgehead atoms. The molecule has 2 aromatic rings. The molecule has 130 valence electrons. The van der Waals surface area contributed by atoms with Crippen LogP contribution in [0.15, 0.2) is 42.6 Å². The van der Waals surface area contributed by atoms with Crippen LogP contribution < -0.4 is 15.5 Å². The van der Waals surface area contributed by atoms with E-state index >= 15 is 0 Å². The largest absolute Gasteiger partial charge is 0.372 e. The van der Waals surface area contributed by atoms with E-state index in [1.54, 1.807) is 12.3 Å². The number of nitrogens with zero attached hydrogens (tertiary/aromatic N) is 2. The molecular formula is C20H24N4O. The van der Waals surface area contributed by atoms with Crippen LogP contribution in [0.4, 0.5) is 17.1 Å². The molecule has 2 N–H and O–H groups in total. The Morgan fingerprint density at radius 2 is 1.76 bits per heavy atom. The molecule has 1 aromatic heterocycles. The number of piperidine rings is 1. The molecule has 0 atom stereocenters. The summed E-state index contributed by atoms with van der Waals surface area (Å²) in [5.41, 5.74) is 3.63. The summed E-state index contributed by atoms with van der Waals surface area (Å²) in [6.45, 7) is 2.30. The highest BCUT2D eigenvalue weighted by Gasteiger charge is 2.24. The molecule has 2 aliphatic rings. The molecule has 2 heterocycles. The Kier molecular flexibility index (Phi) is 4.55. The van der Waals surface area contributed by atoms with Gasteiger partial charge in [-0.3, -0.25) is 9.78 Å². The number of pyridine rings is 1. The lowest BCUT2D eigenvalue weighted by molar-refractivity contribution is 0.0946. The zero-order valence-electron chi connectivity index (χ0n) is 14.4. The zero-order chi connectivity index (χ0) is 17.1. The minimum Gasteiger partial charge on any atom is -0.372 e. The monoisotopic (exact) mass is 336 g/mol. The van der Waals surface area contributed by atoms with E-state index in [2.05, 4.69) is 44.8 Å². The highest BCUT2D eigenvalue weighted by molar-refractivity contribution is 5.93. The quantitative estimate of drug-likeness (QED) is 0.874. The van der Waals surface area contributed by atoms with E-state index < -0.39 is 0 Å². The zero-order valence-corrected chi connectivity index (χ0v) is 14.4. The summed E-state index contributed by atoms with van der Waals surface area (Å²) in [5, 5.41) is 6.33. The summed E-state index contributed by atoms with van der Waals surface area (Å²) in [6, 6.07) is 12.5. The molecule has 1 aromatic carbocycles. The Labute approximate surface area is 148 Å². The predicted molar refractivity (Wildman–Crippen MR) is 101 cm³/mol. The molecule has 1 aliphatic heterocycles. The highest BCUT2D eigenvalue weighted by Crippen LogP contribution is 2.24. The summed E-state index contributed by atoms with van der Waals surface area (Å²) < 4.78 is 0. The fraction of sp³-hybridized carbons (Fsp3) is 0.400. The van der Waals surface area contributed by atoms with Crippen LogP contribution in [0, 0.1) is 0 Å². The highest BCUT2D eigenvalue weighted by atomic mass is 16.2. The van der Waals surface area contributed by atoms with Crippen LogP contribution in [0.1, 0.15) is 42.6 Å². The molecule has 4 rings (SSSR count). The van der Waals surface area contributed by atoms with E-state index in [9.17, 15) is 4.79 Å². The lowest BCUT2D eigenvalue weighted by atomic mass is 10.1. The summed E-state index contributed by atoms with van der Waals surface area (Å²) in [5.74, 6) is -0.0911. The maximum atomic E-state index is 12.1. The Morgan fingerprint density at radius 3 is 2.48 bits per heavy atom. The fourth-order valence-corrected chi connectivity index (χ4v) is 3.19. The number of carbonyl (C=O) groups excluding carboxylic acids is 1. The van der Waals surface area contributed by atoms with Crippen LogP contribution in [0.25, 0.3) is 0 Å². The van der Waals surface area contributed by atoms with Crippen molar-refractivity contribution in [3.8, 4) is 0 Å². The topological polar surface area (TPSA) is 57.3 Å². The Hall–Kier alpha value is -2.56. The summed E-state index contributed by atoms with van der Waals surface area (Å²) in [7, 11) is 0. The van der Waals surface area contributed by atoms with Crippen LogP contribution in [0.2, 0.25) is 0 Å². The standard InChI is InChI=1S/C20H24N4O/c25-20(23-16-4-5-16)19-14-17(10-11-21-19)22-15-6-8-18(9-7-15)24-12-2-1-3-13-24/h6-11,14,16H,1-5,12-13H2,(H,21,22)(H,23,25). The second kappa shape index (κ2) is 7.13. The van der Waals surface area contributed by atoms with E-state index in [4.69, 9.17) is 0 Å². The van der Waals surface area contributed by atoms with Crippen LogP contribution in [0.5, 0.6) is 0 Å². The second-order valence-corrected chi connectivity index (χ2v) is 6.90. The number of nitrogens with one attached hydrogen (secondary N) is 2. The van der Waals surface area contributed by atoms with Gasteiger partial charge in [-0.1, -0.05) is 0 Å². The number of anilines is 3. The SMILES string of the molecule is O=C(NC1CC1)c1cc(Nc2ccc(N3CCCCC3)cc2)ccn1. The summed E-state index contributed by atoms with van der Waals surface area (Å²) in [6.07, 6.45) is 7.73. The van der Waals surface area contributed by atoms with Gasteiger partial charge in [-0.25, -0.2) is 0 Å². The van der Waals surface area contributed by atoms with Gasteiger partial charge < -0.3 is 15.5 Å². The van der Waals surface area contributed by atoms with Gasteiger partial charge in [0.15, 0.2) is 0 Å². The molecule has 0 unspecified atom stereocenters. The van der Waals surface area contributed by atoms with E-state index in [0.717, 1.165) is 37.3 Å². The third kappa shape index (κ3) is 4.10. The molecular weight excluding hydrogens is 312 g/mol. The maximum Gasteiger partial charge on any atom is 0.270 e. The third-order valence-corrected chi connectivity index (χ3v) is 4.78. The average Bonchev–Trinajstić information content (AvgIpc) is 3.47. The Morgan fingerprint density at radius 1 is 1.00 bits per heavy atom. The van der Waals surface area contributed by atoms with Gasteiger partial charge in [0.05, 0.1) is 0 Å². The van der Waals surface area contributed by atoms with E-state index in [1.165, 1.54) is 24.9 Å². The van der Waals surface area contributed by atoms with Crippen molar-refractivity contribution in [2.75, 3.05) is 23.3 Å². The van der Waals surface area contributed by atoms with Crippen LogP contribution in [-0.2, 0) is 0 Å². The number of amides is 1. The van der Waals surface area contributed by atoms with Gasteiger partial charge in [0.25, 0.3) is 5.91 Å². The summed E-state index contributed by atoms with van der Waals surface area (Å²) in [4.78, 5) is 18.7. The smallest absolute Gasteiger partial charge is 0.270 e. The van der Waals surface area contributed by atoms with E-state index in [1.807, 2.05) is 6.07 Å². The van der Waals surface area contributed by atoms with Crippen LogP contribution in [0.3, 0.4) is 0 Å². The number of rotatable bonds is 5. The molecule has 5 heteroatoms. The van der Waals surface area contributed by atoms with E-state index in [0.29, 0.717) is 11.7 Å². The molecule has 1 saturated carbocycles. The van der Waals surface area contributed by atoms with Crippen LogP contribution in [-0.4, -0.2) is 30.0 Å². The Bertz CT molecular complexity index is 734. The molecule has 1 saturated heterocycles. The molecule has 2 fully saturated rings. The minimum atomic E-state index is -0.0911. The van der Waals surface area contributed by atoms with Gasteiger partial charge in [0, 0.05) is 42.4 Å². The molecule has 1 amide bonds. The van der Waals surface area contributed by atoms with Gasteiger partial charge >= 0.3 is 0 Å². The number of aromatic nitrogens is 1. The van der Waals surface area contributed by atoms with Gasteiger partial charge in [0.2, 0.25) is 0 Å². The number of carbonyl (C=O) groups is 1. The number of hydrogen-bond donors (Lipinski definition) is 2. The first-order valence-electron chi connectivity index (χ1n) is 9.17. The van der Waals surface area contributed by atoms with Crippen molar-refractivity contribution in [2.24, 2.45) is 0 Å². The van der Waals surface area contributed by atoms with Gasteiger partial charge in [-0.15, -0.1) is 0 Å². The fourth-order valence-electron chi connectivity index (χ4n) is 3.19. The Balaban J connectivity index is 1.41. The minimum absolute atomic E-state index is 0.0911. The first-order valence-corrected chi connectivity index (χ1v) is 9.17. The van der Waals surface area contributed by atoms with Crippen molar-refractivity contribution in [2.45, 2.75) is 38.1 Å². The second-order valence-electron chi connectivity index (χ2n) is 6.90. The average molecular weight is 336 g/mol. The molecule has 0 spiro atoms. The summed E-state index contributed by atoms with van der Waals surface area (Å²) >= 11 is 0. The van der Waals surface area contributed by atoms with Gasteiger partial charge in [0.1, 0.15) is 5.69 Å². The van der Waals surface area contributed by atoms with Crippen molar-refractivity contribution in [3.05, 3.63) is 48.3 Å². The van der Waals surface area contributed by atoms with Gasteiger partial charge in [-0.05, 0) is 68.5 Å². The first-order chi connectivity index (χ1) is 12.3. The number of hydrogen-bond acceptors (Lipinski definition) is 4. The van der Waals surface area contributed by atoms with Crippen molar-refractivity contribution in [3.63, 3.8) is 0 Å². The lowest BCUT2D eigenvalue weighted by Gasteiger charge is -2.28. The normalized spacial score (nSPS) is 17.2. The lowest BCUT2D eigenvalue weighted by Crippen LogP contribution is -2.29. The van der Waals surface area contributed by atoms with Crippen molar-refractivity contribution >= 4 is 23.0 Å². The maximum absolute atomic E-state index is 12.1. The number of benzene rings is 1. The van der Waals surface area contributed by atoms with Crippen molar-refractivity contribution in [1.82, 2.24) is 10.3 Å². The molecule has 0 radical (unpaired) electrons. The van der Waals surface area contributed by atoms with Gasteiger partial charge in [-0.2, -0.15) is 0 Å². The predicted octanol–water partition coefficient (Wildman–Crippen LogP) is 3.71. The molecule has 1 aliphatic carbocycles. The van der Waals surface area contributed by atoms with Crippen molar-refractivity contribution < 1.29 is 4.79 Å². The van der Waals surface area contributed by atoms with Crippen molar-refractivity contribution in [1.29, 1.82) is 0 Å². The van der Waals surface area contributed by atoms with Crippen LogP contribution >= 0.6 is 0 Å². The molecule has 25 heavy (non-hydrogen) atoms. The van der Waals surface area contributed by atoms with E-state index in [-0.39, 0.29) is 5.91 Å².